The van der Waals surface area contributed by atoms with Crippen LogP contribution in [0.3, 0.4) is 0 Å². The summed E-state index contributed by atoms with van der Waals surface area (Å²) in [7, 11) is 3.93. The Morgan fingerprint density at radius 3 is 2.25 bits per heavy atom. The molecule has 0 aliphatic carbocycles. The van der Waals surface area contributed by atoms with Crippen LogP contribution in [0.25, 0.3) is 0 Å². The lowest BCUT2D eigenvalue weighted by molar-refractivity contribution is -0.138. The second kappa shape index (κ2) is 12.5. The third-order valence-electron chi connectivity index (χ3n) is 5.57. The average Bonchev–Trinajstić information content (AvgIpc) is 2.82. The molecule has 2 aromatic heterocycles. The molecule has 0 spiro atoms. The van der Waals surface area contributed by atoms with Crippen LogP contribution in [0.2, 0.25) is 0 Å². The zero-order valence-corrected chi connectivity index (χ0v) is 22.5. The summed E-state index contributed by atoms with van der Waals surface area (Å²) in [5.41, 5.74) is 4.27. The number of amides is 2. The molecule has 1 aromatic carbocycles. The van der Waals surface area contributed by atoms with Crippen LogP contribution < -0.4 is 10.2 Å². The minimum absolute atomic E-state index is 0.117. The molecular formula is C27H34N6O2S. The number of pyridine rings is 1. The predicted molar refractivity (Wildman–Crippen MR) is 145 cm³/mol. The van der Waals surface area contributed by atoms with Crippen molar-refractivity contribution in [3.8, 4) is 0 Å². The number of anilines is 2. The monoisotopic (exact) mass is 506 g/mol. The molecule has 8 nitrogen and oxygen atoms in total. The topological polar surface area (TPSA) is 91.3 Å². The van der Waals surface area contributed by atoms with E-state index in [1.165, 1.54) is 11.8 Å². The van der Waals surface area contributed by atoms with Gasteiger partial charge in [-0.3, -0.25) is 14.6 Å². The van der Waals surface area contributed by atoms with Crippen LogP contribution in [0, 0.1) is 19.8 Å². The van der Waals surface area contributed by atoms with Crippen LogP contribution in [0.4, 0.5) is 11.4 Å². The molecule has 1 unspecified atom stereocenters. The third-order valence-corrected chi connectivity index (χ3v) is 6.40. The van der Waals surface area contributed by atoms with Crippen molar-refractivity contribution in [1.82, 2.24) is 19.9 Å². The highest BCUT2D eigenvalue weighted by atomic mass is 32.2. The van der Waals surface area contributed by atoms with Crippen molar-refractivity contribution in [2.45, 2.75) is 45.4 Å². The molecule has 2 amide bonds. The molecule has 9 heteroatoms. The molecule has 0 fully saturated rings. The standard InChI is InChI=1S/C27H34N6O2S/c1-18(2)25(26(35)31-22-9-11-23(12-10-22)32(5)6)33(16-21-8-7-13-28-15-21)24(34)17-36-27-29-19(3)14-20(4)30-27/h7-15,18,25H,16-17H2,1-6H3,(H,31,35). The summed E-state index contributed by atoms with van der Waals surface area (Å²) < 4.78 is 0. The first kappa shape index (κ1) is 27.1. The Morgan fingerprint density at radius 2 is 1.69 bits per heavy atom. The van der Waals surface area contributed by atoms with Crippen LogP contribution in [0.5, 0.6) is 0 Å². The normalized spacial score (nSPS) is 11.8. The van der Waals surface area contributed by atoms with E-state index in [-0.39, 0.29) is 30.0 Å². The average molecular weight is 507 g/mol. The van der Waals surface area contributed by atoms with Gasteiger partial charge in [0.1, 0.15) is 6.04 Å². The number of benzene rings is 1. The molecule has 0 radical (unpaired) electrons. The number of rotatable bonds is 10. The zero-order chi connectivity index (χ0) is 26.2. The van der Waals surface area contributed by atoms with E-state index in [1.54, 1.807) is 17.3 Å². The molecule has 2 heterocycles. The molecule has 3 rings (SSSR count). The van der Waals surface area contributed by atoms with Gasteiger partial charge in [0.15, 0.2) is 5.16 Å². The highest BCUT2D eigenvalue weighted by molar-refractivity contribution is 7.99. The first-order chi connectivity index (χ1) is 17.1. The molecule has 190 valence electrons. The van der Waals surface area contributed by atoms with E-state index in [4.69, 9.17) is 0 Å². The van der Waals surface area contributed by atoms with E-state index in [9.17, 15) is 9.59 Å². The van der Waals surface area contributed by atoms with Crippen LogP contribution in [0.1, 0.15) is 30.8 Å². The van der Waals surface area contributed by atoms with Gasteiger partial charge in [-0.1, -0.05) is 31.7 Å². The second-order valence-corrected chi connectivity index (χ2v) is 10.2. The van der Waals surface area contributed by atoms with E-state index < -0.39 is 6.04 Å². The van der Waals surface area contributed by atoms with Crippen LogP contribution >= 0.6 is 11.8 Å². The first-order valence-electron chi connectivity index (χ1n) is 11.9. The van der Waals surface area contributed by atoms with E-state index in [1.807, 2.05) is 89.2 Å². The van der Waals surface area contributed by atoms with Gasteiger partial charge in [-0.2, -0.15) is 0 Å². The van der Waals surface area contributed by atoms with Crippen molar-refractivity contribution < 1.29 is 9.59 Å². The first-order valence-corrected chi connectivity index (χ1v) is 12.8. The van der Waals surface area contributed by atoms with Crippen molar-refractivity contribution in [3.05, 3.63) is 71.8 Å². The summed E-state index contributed by atoms with van der Waals surface area (Å²) in [6, 6.07) is 12.6. The highest BCUT2D eigenvalue weighted by Crippen LogP contribution is 2.22. The lowest BCUT2D eigenvalue weighted by Crippen LogP contribution is -2.50. The van der Waals surface area contributed by atoms with Gasteiger partial charge in [-0.05, 0) is 61.7 Å². The Kier molecular flexibility index (Phi) is 9.41. The van der Waals surface area contributed by atoms with Crippen molar-refractivity contribution in [2.75, 3.05) is 30.1 Å². The number of carbonyl (C=O) groups is 2. The molecule has 36 heavy (non-hydrogen) atoms. The SMILES string of the molecule is Cc1cc(C)nc(SCC(=O)N(Cc2cccnc2)C(C(=O)Nc2ccc(N(C)C)cc2)C(C)C)n1. The molecule has 3 aromatic rings. The van der Waals surface area contributed by atoms with Crippen LogP contribution in [-0.2, 0) is 16.1 Å². The van der Waals surface area contributed by atoms with Gasteiger partial charge >= 0.3 is 0 Å². The number of nitrogens with one attached hydrogen (secondary N) is 1. The van der Waals surface area contributed by atoms with E-state index in [2.05, 4.69) is 20.3 Å². The fourth-order valence-corrected chi connectivity index (χ4v) is 4.70. The second-order valence-electron chi connectivity index (χ2n) is 9.22. The number of hydrogen-bond acceptors (Lipinski definition) is 7. The smallest absolute Gasteiger partial charge is 0.247 e. The predicted octanol–water partition coefficient (Wildman–Crippen LogP) is 4.34. The largest absolute Gasteiger partial charge is 0.378 e. The van der Waals surface area contributed by atoms with Crippen molar-refractivity contribution in [1.29, 1.82) is 0 Å². The Balaban J connectivity index is 1.83. The fourth-order valence-electron chi connectivity index (χ4n) is 3.86. The van der Waals surface area contributed by atoms with Gasteiger partial charge in [0.25, 0.3) is 0 Å². The highest BCUT2D eigenvalue weighted by Gasteiger charge is 2.33. The van der Waals surface area contributed by atoms with Crippen LogP contribution in [0.15, 0.2) is 60.0 Å². The quantitative estimate of drug-likeness (QED) is 0.323. The van der Waals surface area contributed by atoms with Crippen LogP contribution in [-0.4, -0.2) is 57.6 Å². The van der Waals surface area contributed by atoms with Gasteiger partial charge in [-0.15, -0.1) is 0 Å². The van der Waals surface area contributed by atoms with Crippen molar-refractivity contribution in [3.63, 3.8) is 0 Å². The molecule has 1 atom stereocenters. The molecule has 0 bridgehead atoms. The minimum atomic E-state index is -0.674. The number of aryl methyl sites for hydroxylation is 2. The molecule has 0 aliphatic rings. The third kappa shape index (κ3) is 7.52. The maximum atomic E-state index is 13.6. The molecular weight excluding hydrogens is 472 g/mol. The Hall–Kier alpha value is -3.46. The molecule has 0 aliphatic heterocycles. The molecule has 1 N–H and O–H groups in total. The lowest BCUT2D eigenvalue weighted by Gasteiger charge is -2.33. The Labute approximate surface area is 217 Å². The molecule has 0 saturated carbocycles. The summed E-state index contributed by atoms with van der Waals surface area (Å²) in [5, 5.41) is 3.55. The maximum Gasteiger partial charge on any atom is 0.247 e. The van der Waals surface area contributed by atoms with E-state index >= 15 is 0 Å². The number of thioether (sulfide) groups is 1. The van der Waals surface area contributed by atoms with Gasteiger partial charge in [-0.25, -0.2) is 9.97 Å². The summed E-state index contributed by atoms with van der Waals surface area (Å²) in [5.74, 6) is -0.387. The lowest BCUT2D eigenvalue weighted by atomic mass is 10.0. The van der Waals surface area contributed by atoms with Crippen molar-refractivity contribution in [2.24, 2.45) is 5.92 Å². The number of aromatic nitrogens is 3. The zero-order valence-electron chi connectivity index (χ0n) is 21.7. The van der Waals surface area contributed by atoms with E-state index in [0.29, 0.717) is 10.8 Å². The number of nitrogens with zero attached hydrogens (tertiary/aromatic N) is 5. The number of hydrogen-bond donors (Lipinski definition) is 1. The fraction of sp³-hybridized carbons (Fsp3) is 0.370. The van der Waals surface area contributed by atoms with Gasteiger partial charge in [0.2, 0.25) is 11.8 Å². The summed E-state index contributed by atoms with van der Waals surface area (Å²) in [6.45, 7) is 7.97. The van der Waals surface area contributed by atoms with E-state index in [0.717, 1.165) is 22.6 Å². The summed E-state index contributed by atoms with van der Waals surface area (Å²) >= 11 is 1.28. The Bertz CT molecular complexity index is 1150. The van der Waals surface area contributed by atoms with Gasteiger partial charge in [0.05, 0.1) is 5.75 Å². The summed E-state index contributed by atoms with van der Waals surface area (Å²) in [4.78, 5) is 43.7. The number of carbonyl (C=O) groups excluding carboxylic acids is 2. The molecule has 0 saturated heterocycles. The minimum Gasteiger partial charge on any atom is -0.378 e. The Morgan fingerprint density at radius 1 is 1.03 bits per heavy atom. The maximum absolute atomic E-state index is 13.6. The van der Waals surface area contributed by atoms with Crippen molar-refractivity contribution >= 4 is 35.0 Å². The van der Waals surface area contributed by atoms with Gasteiger partial charge in [0, 0.05) is 55.8 Å². The summed E-state index contributed by atoms with van der Waals surface area (Å²) in [6.07, 6.45) is 3.41. The van der Waals surface area contributed by atoms with Gasteiger partial charge < -0.3 is 15.1 Å².